The largest absolute Gasteiger partial charge is 0.531 e. The molecule has 4 N–H and O–H groups in total. The Kier molecular flexibility index (Phi) is 10.5. The molecule has 37 heavy (non-hydrogen) atoms. The minimum absolute atomic E-state index is 0.0178. The molecule has 1 heterocycles. The van der Waals surface area contributed by atoms with Gasteiger partial charge in [-0.3, -0.25) is 19.2 Å². The molecule has 1 aliphatic heterocycles. The van der Waals surface area contributed by atoms with E-state index in [1.807, 2.05) is 0 Å². The van der Waals surface area contributed by atoms with Gasteiger partial charge in [-0.25, -0.2) is 4.79 Å². The monoisotopic (exact) mass is 559 g/mol. The summed E-state index contributed by atoms with van der Waals surface area (Å²) >= 11 is 12.0. The molecule has 0 aromatic heterocycles. The van der Waals surface area contributed by atoms with Gasteiger partial charge in [-0.2, -0.15) is 0 Å². The van der Waals surface area contributed by atoms with Crippen molar-refractivity contribution in [1.82, 2.24) is 5.32 Å². The zero-order valence-electron chi connectivity index (χ0n) is 20.4. The summed E-state index contributed by atoms with van der Waals surface area (Å²) in [6.45, 7) is 4.90. The third-order valence-corrected chi connectivity index (χ3v) is 6.32. The van der Waals surface area contributed by atoms with Gasteiger partial charge in [-0.15, -0.1) is 0 Å². The molecule has 14 heteroatoms. The number of aliphatic carboxylic acids is 2. The van der Waals surface area contributed by atoms with E-state index in [0.29, 0.717) is 0 Å². The molecule has 4 atom stereocenters. The van der Waals surface area contributed by atoms with Gasteiger partial charge in [0.25, 0.3) is 11.9 Å². The van der Waals surface area contributed by atoms with Crippen LogP contribution in [0.15, 0.2) is 18.2 Å². The zero-order valence-corrected chi connectivity index (χ0v) is 21.9. The van der Waals surface area contributed by atoms with E-state index in [-0.39, 0.29) is 27.9 Å². The van der Waals surface area contributed by atoms with E-state index in [1.54, 1.807) is 13.8 Å². The van der Waals surface area contributed by atoms with E-state index in [2.05, 4.69) is 5.32 Å². The summed E-state index contributed by atoms with van der Waals surface area (Å²) in [6.07, 6.45) is -3.33. The number of carboxylic acids is 2. The van der Waals surface area contributed by atoms with Crippen molar-refractivity contribution in [3.63, 3.8) is 0 Å². The number of rotatable bonds is 12. The number of Topliss-reactive ketones (excluding diaryl/α,β-unsaturated/α-hetero) is 1. The molecule has 2 rings (SSSR count). The predicted octanol–water partition coefficient (Wildman–Crippen LogP) is 2.60. The highest BCUT2D eigenvalue weighted by molar-refractivity contribution is 6.50. The van der Waals surface area contributed by atoms with Crippen LogP contribution in [0.5, 0.6) is 0 Å². The fraction of sp³-hybridized carbons (Fsp3) is 0.522. The topological polar surface area (TPSA) is 177 Å². The molecule has 1 fully saturated rings. The van der Waals surface area contributed by atoms with Gasteiger partial charge in [0, 0.05) is 17.3 Å². The van der Waals surface area contributed by atoms with Crippen LogP contribution >= 0.6 is 23.2 Å². The van der Waals surface area contributed by atoms with E-state index in [0.717, 1.165) is 0 Å². The molecule has 1 unspecified atom stereocenters. The Hall–Kier alpha value is -2.67. The molecule has 0 radical (unpaired) electrons. The van der Waals surface area contributed by atoms with E-state index in [1.165, 1.54) is 25.1 Å². The van der Waals surface area contributed by atoms with Crippen molar-refractivity contribution in [2.45, 2.75) is 70.0 Å². The van der Waals surface area contributed by atoms with Crippen LogP contribution in [-0.2, 0) is 28.5 Å². The number of hydrogen-bond donors (Lipinski definition) is 4. The average molecular weight is 560 g/mol. The molecular weight excluding hydrogens is 532 g/mol. The number of benzene rings is 1. The second-order valence-corrected chi connectivity index (χ2v) is 10.2. The minimum Gasteiger partial charge on any atom is -0.509 e. The first-order chi connectivity index (χ1) is 17.1. The maximum atomic E-state index is 13.3. The van der Waals surface area contributed by atoms with E-state index >= 15 is 0 Å². The van der Waals surface area contributed by atoms with Crippen LogP contribution in [0.4, 0.5) is 0 Å². The summed E-state index contributed by atoms with van der Waals surface area (Å²) in [5.41, 5.74) is -2.39. The van der Waals surface area contributed by atoms with Crippen molar-refractivity contribution in [1.29, 1.82) is 0 Å². The van der Waals surface area contributed by atoms with Crippen LogP contribution < -0.4 is 5.32 Å². The van der Waals surface area contributed by atoms with Gasteiger partial charge in [0.1, 0.15) is 6.04 Å². The third kappa shape index (κ3) is 8.16. The molecule has 1 aromatic rings. The summed E-state index contributed by atoms with van der Waals surface area (Å²) in [6, 6.07) is 2.77. The van der Waals surface area contributed by atoms with Crippen LogP contribution in [0.2, 0.25) is 15.9 Å². The Labute approximate surface area is 223 Å². The number of carboxylic acid groups (broad SMARTS) is 2. The lowest BCUT2D eigenvalue weighted by Gasteiger charge is -2.37. The Morgan fingerprint density at radius 3 is 2.35 bits per heavy atom. The fourth-order valence-corrected chi connectivity index (χ4v) is 4.45. The van der Waals surface area contributed by atoms with Crippen molar-refractivity contribution in [3.05, 3.63) is 33.8 Å². The van der Waals surface area contributed by atoms with Crippen LogP contribution in [0.1, 0.15) is 56.8 Å². The summed E-state index contributed by atoms with van der Waals surface area (Å²) in [7, 11) is -1.55. The van der Waals surface area contributed by atoms with Crippen LogP contribution in [0.25, 0.3) is 0 Å². The second-order valence-electron chi connectivity index (χ2n) is 9.40. The van der Waals surface area contributed by atoms with Gasteiger partial charge in [-0.1, -0.05) is 37.0 Å². The highest BCUT2D eigenvalue weighted by atomic mass is 35.5. The molecule has 0 aliphatic carbocycles. The van der Waals surface area contributed by atoms with E-state index in [4.69, 9.17) is 32.5 Å². The molecule has 11 nitrogen and oxygen atoms in total. The quantitative estimate of drug-likeness (QED) is 0.278. The zero-order chi connectivity index (χ0) is 28.1. The molecule has 1 amide bonds. The van der Waals surface area contributed by atoms with Gasteiger partial charge in [0.05, 0.1) is 29.5 Å². The molecular formula is C23H28BCl2NO10. The maximum Gasteiger partial charge on any atom is 0.531 e. The summed E-state index contributed by atoms with van der Waals surface area (Å²) in [5, 5.41) is 31.8. The molecule has 1 aromatic carbocycles. The summed E-state index contributed by atoms with van der Waals surface area (Å²) in [4.78, 5) is 61.5. The molecule has 202 valence electrons. The number of hydrogen-bond acceptors (Lipinski definition) is 8. The van der Waals surface area contributed by atoms with E-state index in [9.17, 15) is 39.3 Å². The lowest BCUT2D eigenvalue weighted by Crippen LogP contribution is -2.56. The number of amides is 1. The highest BCUT2D eigenvalue weighted by Gasteiger charge is 2.54. The van der Waals surface area contributed by atoms with Crippen molar-refractivity contribution in [3.8, 4) is 0 Å². The molecule has 0 bridgehead atoms. The lowest BCUT2D eigenvalue weighted by atomic mass is 9.63. The Bertz CT molecular complexity index is 1060. The smallest absolute Gasteiger partial charge is 0.509 e. The number of carbonyl (C=O) groups excluding carboxylic acids is 3. The molecule has 0 saturated carbocycles. The molecule has 1 saturated heterocycles. The van der Waals surface area contributed by atoms with Gasteiger partial charge in [0.2, 0.25) is 0 Å². The van der Waals surface area contributed by atoms with Gasteiger partial charge >= 0.3 is 19.1 Å². The SMILES string of the molecule is CC(C)C[C@H](CC(=O)[C@@H](NC(=O)c1cc(Cl)ccc1Cl)[C@@H](C)O)B1OC(=O)CC(CC(=O)O)(C(=O)O)O1. The van der Waals surface area contributed by atoms with Crippen molar-refractivity contribution < 1.29 is 48.6 Å². The van der Waals surface area contributed by atoms with Gasteiger partial charge in [0.15, 0.2) is 11.4 Å². The number of halogens is 2. The Morgan fingerprint density at radius 2 is 1.81 bits per heavy atom. The average Bonchev–Trinajstić information content (AvgIpc) is 2.76. The van der Waals surface area contributed by atoms with Crippen molar-refractivity contribution in [2.24, 2.45) is 5.92 Å². The standard InChI is InChI=1S/C23H28BCl2NO10/c1-11(2)6-13(24-36-19(32)10-23(37-24,22(34)35)9-18(30)31)7-17(29)20(12(3)28)27-21(33)15-8-14(25)4-5-16(15)26/h4-5,8,11-13,20,28H,6-7,9-10H2,1-3H3,(H,27,33)(H,30,31)(H,34,35)/t12-,13-,20+,23?/m1/s1. The van der Waals surface area contributed by atoms with Crippen molar-refractivity contribution >= 4 is 59.9 Å². The first-order valence-electron chi connectivity index (χ1n) is 11.4. The first-order valence-corrected chi connectivity index (χ1v) is 12.2. The van der Waals surface area contributed by atoms with Crippen LogP contribution in [0.3, 0.4) is 0 Å². The summed E-state index contributed by atoms with van der Waals surface area (Å²) < 4.78 is 10.7. The maximum absolute atomic E-state index is 13.3. The number of nitrogens with one attached hydrogen (secondary N) is 1. The normalized spacial score (nSPS) is 20.1. The first kappa shape index (κ1) is 30.6. The van der Waals surface area contributed by atoms with Crippen LogP contribution in [0, 0.1) is 5.92 Å². The number of carbonyl (C=O) groups is 5. The summed E-state index contributed by atoms with van der Waals surface area (Å²) in [5.74, 6) is -6.54. The second kappa shape index (κ2) is 12.7. The number of ketones is 1. The molecule has 0 spiro atoms. The molecule has 1 aliphatic rings. The van der Waals surface area contributed by atoms with E-state index < -0.39 is 79.5 Å². The van der Waals surface area contributed by atoms with Gasteiger partial charge < -0.3 is 29.9 Å². The fourth-order valence-electron chi connectivity index (χ4n) is 4.08. The predicted molar refractivity (Wildman–Crippen MR) is 132 cm³/mol. The highest BCUT2D eigenvalue weighted by Crippen LogP contribution is 2.36. The third-order valence-electron chi connectivity index (χ3n) is 5.76. The number of aliphatic hydroxyl groups is 1. The Morgan fingerprint density at radius 1 is 1.16 bits per heavy atom. The Balaban J connectivity index is 2.31. The minimum atomic E-state index is -2.37. The van der Waals surface area contributed by atoms with Gasteiger partial charge in [-0.05, 0) is 37.5 Å². The van der Waals surface area contributed by atoms with Crippen LogP contribution in [-0.4, -0.2) is 69.8 Å². The number of aliphatic hydroxyl groups excluding tert-OH is 1. The lowest BCUT2D eigenvalue weighted by molar-refractivity contribution is -0.175. The van der Waals surface area contributed by atoms with Crippen molar-refractivity contribution in [2.75, 3.05) is 0 Å².